The Kier molecular flexibility index (Phi) is 5.65. The molecule has 2 aromatic carbocycles. The minimum atomic E-state index is -0.646. The van der Waals surface area contributed by atoms with E-state index in [0.29, 0.717) is 29.3 Å². The van der Waals surface area contributed by atoms with Gasteiger partial charge in [0.05, 0.1) is 16.9 Å². The molecule has 0 saturated carbocycles. The van der Waals surface area contributed by atoms with Crippen LogP contribution >= 0.6 is 11.6 Å². The summed E-state index contributed by atoms with van der Waals surface area (Å²) in [5.74, 6) is 0.699. The van der Waals surface area contributed by atoms with Crippen molar-refractivity contribution in [2.75, 3.05) is 0 Å². The predicted octanol–water partition coefficient (Wildman–Crippen LogP) is 6.11. The van der Waals surface area contributed by atoms with E-state index in [1.54, 1.807) is 6.07 Å². The number of carbonyl (C=O) groups is 1. The summed E-state index contributed by atoms with van der Waals surface area (Å²) in [5, 5.41) is 1.11. The third-order valence-electron chi connectivity index (χ3n) is 4.49. The van der Waals surface area contributed by atoms with Crippen LogP contribution in [-0.2, 0) is 11.3 Å². The van der Waals surface area contributed by atoms with Crippen molar-refractivity contribution in [1.82, 2.24) is 14.5 Å². The number of aromatic nitrogens is 3. The molecule has 6 nitrogen and oxygen atoms in total. The molecule has 158 valence electrons. The Hall–Kier alpha value is -3.38. The van der Waals surface area contributed by atoms with Gasteiger partial charge < -0.3 is 9.47 Å². The summed E-state index contributed by atoms with van der Waals surface area (Å²) < 4.78 is 13.1. The van der Waals surface area contributed by atoms with E-state index in [0.717, 1.165) is 10.9 Å². The molecule has 0 aliphatic rings. The molecular formula is C24H22ClN3O3. The minimum Gasteiger partial charge on any atom is -0.489 e. The molecule has 0 saturated heterocycles. The number of rotatable bonds is 4. The number of nitrogens with zero attached hydrogens (tertiary/aromatic N) is 3. The SMILES string of the molecule is CC(C)(C)OC(=O)n1c(-c2cc(Cl)ncn2)cc2cc(OCc3ccccc3)ccc21. The van der Waals surface area contributed by atoms with E-state index in [-0.39, 0.29) is 5.15 Å². The normalized spacial score (nSPS) is 11.5. The zero-order chi connectivity index (χ0) is 22.0. The van der Waals surface area contributed by atoms with Gasteiger partial charge in [-0.3, -0.25) is 0 Å². The first-order valence-corrected chi connectivity index (χ1v) is 10.2. The number of fused-ring (bicyclic) bond motifs is 1. The Bertz CT molecular complexity index is 1230. The van der Waals surface area contributed by atoms with Crippen molar-refractivity contribution in [1.29, 1.82) is 0 Å². The smallest absolute Gasteiger partial charge is 0.419 e. The Labute approximate surface area is 185 Å². The molecule has 0 atom stereocenters. The Morgan fingerprint density at radius 3 is 2.52 bits per heavy atom. The largest absolute Gasteiger partial charge is 0.489 e. The van der Waals surface area contributed by atoms with Crippen LogP contribution in [0, 0.1) is 0 Å². The van der Waals surface area contributed by atoms with E-state index in [1.807, 2.05) is 75.4 Å². The monoisotopic (exact) mass is 435 g/mol. The lowest BCUT2D eigenvalue weighted by atomic mass is 10.2. The average molecular weight is 436 g/mol. The zero-order valence-electron chi connectivity index (χ0n) is 17.5. The maximum absolute atomic E-state index is 13.0. The van der Waals surface area contributed by atoms with Gasteiger partial charge in [0.1, 0.15) is 29.4 Å². The van der Waals surface area contributed by atoms with Gasteiger partial charge in [-0.05, 0) is 50.6 Å². The topological polar surface area (TPSA) is 66.2 Å². The summed E-state index contributed by atoms with van der Waals surface area (Å²) in [7, 11) is 0. The van der Waals surface area contributed by atoms with E-state index in [4.69, 9.17) is 21.1 Å². The highest BCUT2D eigenvalue weighted by Crippen LogP contribution is 2.31. The van der Waals surface area contributed by atoms with E-state index < -0.39 is 11.7 Å². The first kappa shape index (κ1) is 20.9. The molecule has 0 aliphatic carbocycles. The van der Waals surface area contributed by atoms with Gasteiger partial charge in [0, 0.05) is 11.5 Å². The summed E-state index contributed by atoms with van der Waals surface area (Å²) in [6.45, 7) is 5.93. The molecule has 0 radical (unpaired) electrons. The minimum absolute atomic E-state index is 0.290. The van der Waals surface area contributed by atoms with Gasteiger partial charge in [0.25, 0.3) is 0 Å². The van der Waals surface area contributed by atoms with Crippen LogP contribution in [0.3, 0.4) is 0 Å². The van der Waals surface area contributed by atoms with Gasteiger partial charge in [-0.25, -0.2) is 19.3 Å². The number of ether oxygens (including phenoxy) is 2. The molecule has 4 rings (SSSR count). The fourth-order valence-electron chi connectivity index (χ4n) is 3.19. The Morgan fingerprint density at radius 1 is 1.03 bits per heavy atom. The fourth-order valence-corrected chi connectivity index (χ4v) is 3.34. The number of carbonyl (C=O) groups excluding carboxylic acids is 1. The van der Waals surface area contributed by atoms with Crippen molar-refractivity contribution in [2.24, 2.45) is 0 Å². The van der Waals surface area contributed by atoms with Crippen molar-refractivity contribution in [2.45, 2.75) is 33.0 Å². The summed E-state index contributed by atoms with van der Waals surface area (Å²) in [5.41, 5.74) is 2.20. The third kappa shape index (κ3) is 4.86. The summed E-state index contributed by atoms with van der Waals surface area (Å²) in [4.78, 5) is 21.3. The van der Waals surface area contributed by atoms with Gasteiger partial charge in [-0.15, -0.1) is 0 Å². The first-order chi connectivity index (χ1) is 14.8. The molecule has 0 spiro atoms. The van der Waals surface area contributed by atoms with Crippen LogP contribution < -0.4 is 4.74 Å². The van der Waals surface area contributed by atoms with Crippen molar-refractivity contribution < 1.29 is 14.3 Å². The van der Waals surface area contributed by atoms with E-state index in [2.05, 4.69) is 9.97 Å². The molecular weight excluding hydrogens is 414 g/mol. The van der Waals surface area contributed by atoms with Crippen LogP contribution in [0.25, 0.3) is 22.3 Å². The van der Waals surface area contributed by atoms with Gasteiger partial charge in [-0.2, -0.15) is 0 Å². The van der Waals surface area contributed by atoms with Gasteiger partial charge in [-0.1, -0.05) is 41.9 Å². The summed E-state index contributed by atoms with van der Waals surface area (Å²) >= 11 is 6.06. The van der Waals surface area contributed by atoms with Crippen molar-refractivity contribution >= 4 is 28.6 Å². The second-order valence-corrected chi connectivity index (χ2v) is 8.45. The number of hydrogen-bond acceptors (Lipinski definition) is 5. The fraction of sp³-hybridized carbons (Fsp3) is 0.208. The van der Waals surface area contributed by atoms with Crippen LogP contribution in [0.4, 0.5) is 4.79 Å². The van der Waals surface area contributed by atoms with E-state index in [9.17, 15) is 4.79 Å². The van der Waals surface area contributed by atoms with E-state index in [1.165, 1.54) is 10.9 Å². The second-order valence-electron chi connectivity index (χ2n) is 8.07. The predicted molar refractivity (Wildman–Crippen MR) is 120 cm³/mol. The molecule has 0 bridgehead atoms. The van der Waals surface area contributed by atoms with Gasteiger partial charge >= 0.3 is 6.09 Å². The summed E-state index contributed by atoms with van der Waals surface area (Å²) in [6, 6.07) is 19.0. The first-order valence-electron chi connectivity index (χ1n) is 9.84. The lowest BCUT2D eigenvalue weighted by Crippen LogP contribution is -2.27. The molecule has 2 aromatic heterocycles. The molecule has 0 N–H and O–H groups in total. The second kappa shape index (κ2) is 8.40. The van der Waals surface area contributed by atoms with Gasteiger partial charge in [0.15, 0.2) is 0 Å². The molecule has 0 aliphatic heterocycles. The van der Waals surface area contributed by atoms with Crippen LogP contribution in [0.5, 0.6) is 5.75 Å². The number of hydrogen-bond donors (Lipinski definition) is 0. The van der Waals surface area contributed by atoms with Crippen LogP contribution in [0.2, 0.25) is 5.15 Å². The molecule has 7 heteroatoms. The van der Waals surface area contributed by atoms with Gasteiger partial charge in [0.2, 0.25) is 0 Å². The van der Waals surface area contributed by atoms with Crippen molar-refractivity contribution in [3.05, 3.63) is 77.7 Å². The lowest BCUT2D eigenvalue weighted by molar-refractivity contribution is 0.0547. The molecule has 4 aromatic rings. The number of benzene rings is 2. The maximum Gasteiger partial charge on any atom is 0.419 e. The molecule has 0 fully saturated rings. The van der Waals surface area contributed by atoms with E-state index >= 15 is 0 Å². The highest BCUT2D eigenvalue weighted by molar-refractivity contribution is 6.29. The molecule has 31 heavy (non-hydrogen) atoms. The van der Waals surface area contributed by atoms with Crippen molar-refractivity contribution in [3.8, 4) is 17.1 Å². The average Bonchev–Trinajstić information content (AvgIpc) is 3.11. The third-order valence-corrected chi connectivity index (χ3v) is 4.70. The van der Waals surface area contributed by atoms with Crippen molar-refractivity contribution in [3.63, 3.8) is 0 Å². The van der Waals surface area contributed by atoms with Crippen LogP contribution in [0.1, 0.15) is 26.3 Å². The van der Waals surface area contributed by atoms with Crippen LogP contribution in [-0.4, -0.2) is 26.2 Å². The molecule has 0 amide bonds. The maximum atomic E-state index is 13.0. The highest BCUT2D eigenvalue weighted by Gasteiger charge is 2.23. The molecule has 0 unspecified atom stereocenters. The Morgan fingerprint density at radius 2 is 1.81 bits per heavy atom. The highest BCUT2D eigenvalue weighted by atomic mass is 35.5. The molecule has 2 heterocycles. The quantitative estimate of drug-likeness (QED) is 0.361. The summed E-state index contributed by atoms with van der Waals surface area (Å²) in [6.07, 6.45) is 0.869. The zero-order valence-corrected chi connectivity index (χ0v) is 18.3. The lowest BCUT2D eigenvalue weighted by Gasteiger charge is -2.21. The standard InChI is InChI=1S/C24H22ClN3O3/c1-24(2,3)31-23(29)28-20-10-9-18(30-14-16-7-5-4-6-8-16)11-17(20)12-21(28)19-13-22(25)27-15-26-19/h4-13,15H,14H2,1-3H3. The Balaban J connectivity index is 1.75. The number of halogens is 1. The van der Waals surface area contributed by atoms with Crippen LogP contribution in [0.15, 0.2) is 67.0 Å².